The third kappa shape index (κ3) is 3.01. The fraction of sp³-hybridized carbons (Fsp3) is 0.261. The van der Waals surface area contributed by atoms with Gasteiger partial charge in [0.1, 0.15) is 5.75 Å². The average molecular weight is 423 g/mol. The molecule has 1 amide bonds. The first-order chi connectivity index (χ1) is 14.5. The zero-order valence-electron chi connectivity index (χ0n) is 16.6. The van der Waals surface area contributed by atoms with Gasteiger partial charge in [-0.25, -0.2) is 8.42 Å². The fourth-order valence-electron chi connectivity index (χ4n) is 4.33. The third-order valence-electron chi connectivity index (χ3n) is 5.86. The summed E-state index contributed by atoms with van der Waals surface area (Å²) in [5.74, 6) is -0.0225. The summed E-state index contributed by atoms with van der Waals surface area (Å²) in [4.78, 5) is 13.1. The van der Waals surface area contributed by atoms with Crippen LogP contribution in [0.15, 0.2) is 54.6 Å². The van der Waals surface area contributed by atoms with Crippen molar-refractivity contribution < 1.29 is 17.9 Å². The van der Waals surface area contributed by atoms with Crippen LogP contribution in [-0.4, -0.2) is 32.7 Å². The number of fused-ring (bicyclic) bond motifs is 1. The molecular formula is C23H22N2O4S. The number of ether oxygens (including phenoxy) is 1. The second-order valence-corrected chi connectivity index (χ2v) is 9.79. The highest BCUT2D eigenvalue weighted by Gasteiger charge is 2.36. The van der Waals surface area contributed by atoms with E-state index in [1.54, 1.807) is 31.2 Å². The molecule has 154 valence electrons. The summed E-state index contributed by atoms with van der Waals surface area (Å²) in [6.07, 6.45) is 1.08. The second kappa shape index (κ2) is 7.02. The molecule has 1 aliphatic heterocycles. The van der Waals surface area contributed by atoms with E-state index in [-0.39, 0.29) is 18.2 Å². The van der Waals surface area contributed by atoms with Gasteiger partial charge in [0.2, 0.25) is 10.0 Å². The maximum absolute atomic E-state index is 13.1. The minimum atomic E-state index is -3.54. The van der Waals surface area contributed by atoms with Crippen LogP contribution < -0.4 is 14.4 Å². The van der Waals surface area contributed by atoms with E-state index in [2.05, 4.69) is 17.4 Å². The van der Waals surface area contributed by atoms with Gasteiger partial charge >= 0.3 is 0 Å². The number of para-hydroxylation sites is 2. The Balaban J connectivity index is 1.47. The number of nitrogens with zero attached hydrogens (tertiary/aromatic N) is 1. The van der Waals surface area contributed by atoms with Gasteiger partial charge in [0.05, 0.1) is 18.0 Å². The fourth-order valence-corrected chi connectivity index (χ4v) is 5.45. The Morgan fingerprint density at radius 3 is 2.63 bits per heavy atom. The number of aryl methyl sites for hydroxylation is 2. The monoisotopic (exact) mass is 422 g/mol. The standard InChI is InChI=1S/C23H22N2O4S/c1-2-30(27,28)25-14-21(29-20-9-4-3-8-19(20)25)23(26)24-18-13-12-16-11-10-15-6-5-7-17(18)22(15)16/h3-9,12-13,21H,2,10-11,14H2,1H3,(H,24,26)/t21-/m0/s1. The van der Waals surface area contributed by atoms with Crippen LogP contribution in [0.4, 0.5) is 11.4 Å². The first-order valence-corrected chi connectivity index (χ1v) is 11.7. The van der Waals surface area contributed by atoms with Crippen LogP contribution in [0.1, 0.15) is 18.1 Å². The molecule has 3 aromatic rings. The molecule has 30 heavy (non-hydrogen) atoms. The predicted octanol–water partition coefficient (Wildman–Crippen LogP) is 3.49. The van der Waals surface area contributed by atoms with Gasteiger partial charge in [-0.2, -0.15) is 0 Å². The van der Waals surface area contributed by atoms with Gasteiger partial charge in [-0.15, -0.1) is 0 Å². The number of hydrogen-bond donors (Lipinski definition) is 1. The molecular weight excluding hydrogens is 400 g/mol. The van der Waals surface area contributed by atoms with Gasteiger partial charge in [-0.1, -0.05) is 36.4 Å². The zero-order chi connectivity index (χ0) is 20.9. The van der Waals surface area contributed by atoms with E-state index in [0.717, 1.165) is 23.9 Å². The topological polar surface area (TPSA) is 75.7 Å². The summed E-state index contributed by atoms with van der Waals surface area (Å²) in [6, 6.07) is 17.0. The lowest BCUT2D eigenvalue weighted by Gasteiger charge is -2.34. The number of benzene rings is 3. The highest BCUT2D eigenvalue weighted by molar-refractivity contribution is 7.92. The van der Waals surface area contributed by atoms with E-state index in [0.29, 0.717) is 11.4 Å². The lowest BCUT2D eigenvalue weighted by atomic mass is 10.0. The van der Waals surface area contributed by atoms with Crippen LogP contribution in [0.3, 0.4) is 0 Å². The predicted molar refractivity (Wildman–Crippen MR) is 118 cm³/mol. The van der Waals surface area contributed by atoms with Crippen LogP contribution in [0, 0.1) is 0 Å². The summed E-state index contributed by atoms with van der Waals surface area (Å²) < 4.78 is 32.4. The number of anilines is 2. The van der Waals surface area contributed by atoms with E-state index in [1.807, 2.05) is 18.2 Å². The Kier molecular flexibility index (Phi) is 4.43. The van der Waals surface area contributed by atoms with Crippen molar-refractivity contribution >= 4 is 38.1 Å². The molecule has 3 aromatic carbocycles. The molecule has 0 spiro atoms. The lowest BCUT2D eigenvalue weighted by molar-refractivity contribution is -0.122. The number of carbonyl (C=O) groups is 1. The van der Waals surface area contributed by atoms with E-state index in [4.69, 9.17) is 4.74 Å². The van der Waals surface area contributed by atoms with Gasteiger partial charge in [0, 0.05) is 11.1 Å². The Hall–Kier alpha value is -3.06. The SMILES string of the molecule is CCS(=O)(=O)N1C[C@@H](C(=O)Nc2ccc3c4c(cccc24)CC3)Oc2ccccc21. The van der Waals surface area contributed by atoms with E-state index in [1.165, 1.54) is 20.8 Å². The molecule has 0 fully saturated rings. The molecule has 1 heterocycles. The van der Waals surface area contributed by atoms with Crippen LogP contribution in [-0.2, 0) is 27.7 Å². The number of rotatable bonds is 4. The van der Waals surface area contributed by atoms with Crippen molar-refractivity contribution in [3.63, 3.8) is 0 Å². The second-order valence-electron chi connectivity index (χ2n) is 7.61. The molecule has 0 bridgehead atoms. The van der Waals surface area contributed by atoms with Crippen molar-refractivity contribution in [3.8, 4) is 5.75 Å². The first kappa shape index (κ1) is 18.9. The molecule has 0 radical (unpaired) electrons. The van der Waals surface area contributed by atoms with Gasteiger partial charge in [-0.05, 0) is 54.5 Å². The van der Waals surface area contributed by atoms with Crippen molar-refractivity contribution in [2.24, 2.45) is 0 Å². The maximum atomic E-state index is 13.1. The minimum Gasteiger partial charge on any atom is -0.476 e. The van der Waals surface area contributed by atoms with Crippen molar-refractivity contribution in [2.45, 2.75) is 25.9 Å². The molecule has 1 N–H and O–H groups in total. The summed E-state index contributed by atoms with van der Waals surface area (Å²) >= 11 is 0. The van der Waals surface area contributed by atoms with Crippen molar-refractivity contribution in [1.82, 2.24) is 0 Å². The number of amides is 1. The maximum Gasteiger partial charge on any atom is 0.267 e. The van der Waals surface area contributed by atoms with Crippen LogP contribution in [0.2, 0.25) is 0 Å². The summed E-state index contributed by atoms with van der Waals surface area (Å²) in [5.41, 5.74) is 3.77. The number of sulfonamides is 1. The molecule has 1 aliphatic carbocycles. The quantitative estimate of drug-likeness (QED) is 0.698. The molecule has 2 aliphatic rings. The average Bonchev–Trinajstić information content (AvgIpc) is 3.19. The van der Waals surface area contributed by atoms with Crippen LogP contribution in [0.25, 0.3) is 10.8 Å². The Morgan fingerprint density at radius 1 is 1.07 bits per heavy atom. The Morgan fingerprint density at radius 2 is 1.83 bits per heavy atom. The number of nitrogens with one attached hydrogen (secondary N) is 1. The molecule has 0 aromatic heterocycles. The molecule has 0 unspecified atom stereocenters. The van der Waals surface area contributed by atoms with Gasteiger partial charge in [-0.3, -0.25) is 9.10 Å². The highest BCUT2D eigenvalue weighted by Crippen LogP contribution is 2.37. The number of carbonyl (C=O) groups excluding carboxylic acids is 1. The number of hydrogen-bond acceptors (Lipinski definition) is 4. The van der Waals surface area contributed by atoms with Crippen molar-refractivity contribution in [1.29, 1.82) is 0 Å². The van der Waals surface area contributed by atoms with E-state index in [9.17, 15) is 13.2 Å². The van der Waals surface area contributed by atoms with Crippen LogP contribution >= 0.6 is 0 Å². The lowest BCUT2D eigenvalue weighted by Crippen LogP contribution is -2.49. The zero-order valence-corrected chi connectivity index (χ0v) is 17.4. The summed E-state index contributed by atoms with van der Waals surface area (Å²) in [6.45, 7) is 1.54. The normalized spacial score (nSPS) is 17.5. The Bertz CT molecular complexity index is 1260. The molecule has 0 saturated heterocycles. The molecule has 0 saturated carbocycles. The third-order valence-corrected chi connectivity index (χ3v) is 7.61. The molecule has 5 rings (SSSR count). The van der Waals surface area contributed by atoms with Gasteiger partial charge in [0.15, 0.2) is 6.10 Å². The summed E-state index contributed by atoms with van der Waals surface area (Å²) in [5, 5.41) is 5.19. The minimum absolute atomic E-state index is 0.0510. The Labute approximate surface area is 175 Å². The largest absolute Gasteiger partial charge is 0.476 e. The van der Waals surface area contributed by atoms with E-state index >= 15 is 0 Å². The molecule has 1 atom stereocenters. The molecule has 7 heteroatoms. The molecule has 6 nitrogen and oxygen atoms in total. The first-order valence-electron chi connectivity index (χ1n) is 10.1. The van der Waals surface area contributed by atoms with Crippen molar-refractivity contribution in [2.75, 3.05) is 21.9 Å². The van der Waals surface area contributed by atoms with Crippen molar-refractivity contribution in [3.05, 3.63) is 65.7 Å². The van der Waals surface area contributed by atoms with Gasteiger partial charge in [0.25, 0.3) is 5.91 Å². The smallest absolute Gasteiger partial charge is 0.267 e. The van der Waals surface area contributed by atoms with E-state index < -0.39 is 16.1 Å². The van der Waals surface area contributed by atoms with Gasteiger partial charge < -0.3 is 10.1 Å². The summed E-state index contributed by atoms with van der Waals surface area (Å²) in [7, 11) is -3.54. The highest BCUT2D eigenvalue weighted by atomic mass is 32.2. The van der Waals surface area contributed by atoms with Crippen LogP contribution in [0.5, 0.6) is 5.75 Å².